The number of carbonyl (C=O) groups excluding carboxylic acids is 1. The van der Waals surface area contributed by atoms with Crippen molar-refractivity contribution in [3.63, 3.8) is 0 Å². The minimum Gasteiger partial charge on any atom is -0.508 e. The van der Waals surface area contributed by atoms with Gasteiger partial charge in [-0.2, -0.15) is 13.2 Å². The number of furan rings is 1. The van der Waals surface area contributed by atoms with Crippen molar-refractivity contribution in [1.82, 2.24) is 0 Å². The molecule has 1 amide bonds. The molecule has 3 aromatic rings. The van der Waals surface area contributed by atoms with Gasteiger partial charge in [0, 0.05) is 5.56 Å². The smallest absolute Gasteiger partial charge is 0.416 e. The minimum absolute atomic E-state index is 0.0511. The molecule has 0 radical (unpaired) electrons. The normalized spacial score (nSPS) is 12.4. The van der Waals surface area contributed by atoms with E-state index >= 15 is 0 Å². The largest absolute Gasteiger partial charge is 0.508 e. The van der Waals surface area contributed by atoms with Gasteiger partial charge in [-0.1, -0.05) is 23.7 Å². The van der Waals surface area contributed by atoms with Gasteiger partial charge in [0.05, 0.1) is 5.56 Å². The van der Waals surface area contributed by atoms with Crippen molar-refractivity contribution in [2.45, 2.75) is 19.2 Å². The zero-order valence-electron chi connectivity index (χ0n) is 15.0. The Morgan fingerprint density at radius 2 is 1.90 bits per heavy atom. The van der Waals surface area contributed by atoms with Crippen molar-refractivity contribution in [3.05, 3.63) is 70.9 Å². The van der Waals surface area contributed by atoms with E-state index in [9.17, 15) is 23.1 Å². The summed E-state index contributed by atoms with van der Waals surface area (Å²) in [5.74, 6) is 0.286. The van der Waals surface area contributed by atoms with Crippen molar-refractivity contribution >= 4 is 23.4 Å². The summed E-state index contributed by atoms with van der Waals surface area (Å²) in [5.41, 5.74) is 0.0277. The van der Waals surface area contributed by atoms with Gasteiger partial charge in [-0.05, 0) is 48.9 Å². The second kappa shape index (κ2) is 8.08. The number of anilines is 1. The monoisotopic (exact) mass is 425 g/mol. The maximum absolute atomic E-state index is 12.9. The summed E-state index contributed by atoms with van der Waals surface area (Å²) in [5, 5.41) is 11.9. The molecule has 0 aliphatic carbocycles. The molecule has 0 saturated heterocycles. The molecular weight excluding hydrogens is 411 g/mol. The number of hydrogen-bond acceptors (Lipinski definition) is 4. The Kier molecular flexibility index (Phi) is 5.74. The number of benzene rings is 2. The third kappa shape index (κ3) is 4.83. The molecule has 0 saturated carbocycles. The van der Waals surface area contributed by atoms with Crippen molar-refractivity contribution in [2.24, 2.45) is 0 Å². The van der Waals surface area contributed by atoms with E-state index < -0.39 is 23.9 Å². The van der Waals surface area contributed by atoms with Crippen molar-refractivity contribution in [2.75, 3.05) is 5.32 Å². The molecule has 0 spiro atoms. The topological polar surface area (TPSA) is 71.7 Å². The molecule has 0 aliphatic heterocycles. The van der Waals surface area contributed by atoms with Crippen LogP contribution in [0.3, 0.4) is 0 Å². The Labute approximate surface area is 168 Å². The second-order valence-electron chi connectivity index (χ2n) is 6.13. The number of phenolic OH excluding ortho intramolecular Hbond substituents is 1. The van der Waals surface area contributed by atoms with Crippen LogP contribution in [-0.2, 0) is 10.9 Å². The summed E-state index contributed by atoms with van der Waals surface area (Å²) in [4.78, 5) is 12.3. The molecule has 0 aliphatic rings. The molecule has 5 nitrogen and oxygen atoms in total. The molecular formula is C20H15ClF3NO4. The number of halogens is 4. The van der Waals surface area contributed by atoms with Crippen LogP contribution in [0.5, 0.6) is 5.75 Å². The summed E-state index contributed by atoms with van der Waals surface area (Å²) in [6.45, 7) is 1.45. The van der Waals surface area contributed by atoms with Crippen LogP contribution in [0.25, 0.3) is 11.3 Å². The average Bonchev–Trinajstić information content (AvgIpc) is 3.02. The third-order valence-corrected chi connectivity index (χ3v) is 4.35. The summed E-state index contributed by atoms with van der Waals surface area (Å²) >= 11 is 6.06. The van der Waals surface area contributed by atoms with E-state index in [0.29, 0.717) is 5.56 Å². The summed E-state index contributed by atoms with van der Waals surface area (Å²) in [6, 6.07) is 10.5. The maximum atomic E-state index is 12.9. The van der Waals surface area contributed by atoms with E-state index in [0.717, 1.165) is 12.1 Å². The predicted molar refractivity (Wildman–Crippen MR) is 101 cm³/mol. The van der Waals surface area contributed by atoms with E-state index in [4.69, 9.17) is 20.8 Å². The number of nitrogens with one attached hydrogen (secondary N) is 1. The van der Waals surface area contributed by atoms with Gasteiger partial charge in [0.25, 0.3) is 0 Å². The first-order valence-corrected chi connectivity index (χ1v) is 8.74. The van der Waals surface area contributed by atoms with Crippen LogP contribution in [0, 0.1) is 0 Å². The van der Waals surface area contributed by atoms with Crippen LogP contribution in [0.2, 0.25) is 5.02 Å². The van der Waals surface area contributed by atoms with Gasteiger partial charge in [-0.15, -0.1) is 0 Å². The molecule has 1 atom stereocenters. The molecule has 3 rings (SSSR count). The fraction of sp³-hybridized carbons (Fsp3) is 0.150. The number of alkyl halides is 3. The van der Waals surface area contributed by atoms with Crippen LogP contribution >= 0.6 is 11.6 Å². The predicted octanol–water partition coefficient (Wildman–Crippen LogP) is 6.63. The van der Waals surface area contributed by atoms with Crippen molar-refractivity contribution in [3.8, 4) is 17.1 Å². The lowest BCUT2D eigenvalue weighted by molar-refractivity contribution is -0.137. The fourth-order valence-electron chi connectivity index (χ4n) is 2.61. The van der Waals surface area contributed by atoms with Gasteiger partial charge >= 0.3 is 12.3 Å². The summed E-state index contributed by atoms with van der Waals surface area (Å²) in [6.07, 6.45) is -5.14. The van der Waals surface area contributed by atoms with E-state index in [1.54, 1.807) is 12.1 Å². The average molecular weight is 426 g/mol. The molecule has 1 aromatic heterocycles. The fourth-order valence-corrected chi connectivity index (χ4v) is 2.78. The van der Waals surface area contributed by atoms with E-state index in [2.05, 4.69) is 5.32 Å². The highest BCUT2D eigenvalue weighted by atomic mass is 35.5. The van der Waals surface area contributed by atoms with Crippen LogP contribution in [-0.4, -0.2) is 11.2 Å². The second-order valence-corrected chi connectivity index (χ2v) is 6.54. The number of hydrogen-bond donors (Lipinski definition) is 2. The Morgan fingerprint density at radius 1 is 1.21 bits per heavy atom. The zero-order chi connectivity index (χ0) is 21.2. The highest BCUT2D eigenvalue weighted by molar-refractivity contribution is 6.34. The van der Waals surface area contributed by atoms with Crippen LogP contribution in [0.15, 0.2) is 59.2 Å². The Hall–Kier alpha value is -3.13. The first-order chi connectivity index (χ1) is 13.6. The van der Waals surface area contributed by atoms with Crippen molar-refractivity contribution in [1.29, 1.82) is 0 Å². The zero-order valence-corrected chi connectivity index (χ0v) is 15.7. The van der Waals surface area contributed by atoms with Crippen LogP contribution in [0.4, 0.5) is 23.7 Å². The van der Waals surface area contributed by atoms with Gasteiger partial charge in [-0.3, -0.25) is 5.32 Å². The van der Waals surface area contributed by atoms with E-state index in [1.807, 2.05) is 0 Å². The number of amides is 1. The maximum Gasteiger partial charge on any atom is 0.416 e. The Bertz CT molecular complexity index is 1020. The summed E-state index contributed by atoms with van der Waals surface area (Å²) < 4.78 is 49.1. The van der Waals surface area contributed by atoms with Gasteiger partial charge < -0.3 is 14.3 Å². The quantitative estimate of drug-likeness (QED) is 0.492. The molecule has 29 heavy (non-hydrogen) atoms. The first-order valence-electron chi connectivity index (χ1n) is 8.36. The third-order valence-electron chi connectivity index (χ3n) is 4.07. The lowest BCUT2D eigenvalue weighted by Crippen LogP contribution is -2.16. The number of ether oxygens (including phenoxy) is 1. The highest BCUT2D eigenvalue weighted by Gasteiger charge is 2.31. The lowest BCUT2D eigenvalue weighted by Gasteiger charge is -2.16. The van der Waals surface area contributed by atoms with Crippen LogP contribution in [0.1, 0.15) is 24.2 Å². The molecule has 2 aromatic carbocycles. The molecule has 152 valence electrons. The minimum atomic E-state index is -4.50. The van der Waals surface area contributed by atoms with Crippen LogP contribution < -0.4 is 5.32 Å². The summed E-state index contributed by atoms with van der Waals surface area (Å²) in [7, 11) is 0. The molecule has 0 fully saturated rings. The standard InChI is InChI=1S/C20H15ClF3NO4/c1-11(13-3-2-4-14(9-13)20(22,23)24)29-19(27)25-17-16(21)10-28-18(17)12-5-7-15(26)8-6-12/h2-11,26H,1H3,(H,25,27)/t11-/m1/s1. The van der Waals surface area contributed by atoms with Gasteiger partial charge in [0.1, 0.15) is 28.8 Å². The van der Waals surface area contributed by atoms with Gasteiger partial charge in [0.15, 0.2) is 5.76 Å². The van der Waals surface area contributed by atoms with Crippen molar-refractivity contribution < 1.29 is 32.2 Å². The molecule has 0 bridgehead atoms. The number of phenols is 1. The van der Waals surface area contributed by atoms with E-state index in [-0.39, 0.29) is 27.8 Å². The Morgan fingerprint density at radius 3 is 2.55 bits per heavy atom. The SMILES string of the molecule is C[C@@H](OC(=O)Nc1c(Cl)coc1-c1ccc(O)cc1)c1cccc(C(F)(F)F)c1. The molecule has 2 N–H and O–H groups in total. The first kappa shape index (κ1) is 20.6. The molecule has 0 unspecified atom stereocenters. The van der Waals surface area contributed by atoms with Gasteiger partial charge in [0.2, 0.25) is 0 Å². The number of carbonyl (C=O) groups is 1. The Balaban J connectivity index is 1.75. The van der Waals surface area contributed by atoms with E-state index in [1.165, 1.54) is 37.5 Å². The number of rotatable bonds is 4. The lowest BCUT2D eigenvalue weighted by atomic mass is 10.1. The highest BCUT2D eigenvalue weighted by Crippen LogP contribution is 2.37. The molecule has 9 heteroatoms. The molecule has 1 heterocycles. The number of aromatic hydroxyl groups is 1. The van der Waals surface area contributed by atoms with Gasteiger partial charge in [-0.25, -0.2) is 4.79 Å².